The van der Waals surface area contributed by atoms with Gasteiger partial charge in [0, 0.05) is 44.6 Å². The molecule has 3 heterocycles. The molecular weight excluding hydrogens is 376 g/mol. The number of nitrogens with zero attached hydrogens (tertiary/aromatic N) is 3. The molecule has 1 fully saturated rings. The Balaban J connectivity index is 1.67. The van der Waals surface area contributed by atoms with Gasteiger partial charge in [-0.25, -0.2) is 4.98 Å². The number of carbonyl (C=O) groups is 1. The van der Waals surface area contributed by atoms with Gasteiger partial charge in [0.1, 0.15) is 11.9 Å². The third kappa shape index (κ3) is 2.55. The van der Waals surface area contributed by atoms with Gasteiger partial charge in [-0.05, 0) is 28.1 Å². The van der Waals surface area contributed by atoms with Gasteiger partial charge < -0.3 is 24.3 Å². The van der Waals surface area contributed by atoms with Gasteiger partial charge in [-0.15, -0.1) is 0 Å². The number of imidazole rings is 1. The molecule has 1 N–H and O–H groups in total. The highest BCUT2D eigenvalue weighted by atomic mass is 79.9. The maximum atomic E-state index is 13.1. The molecule has 0 radical (unpaired) electrons. The molecule has 4 rings (SSSR count). The summed E-state index contributed by atoms with van der Waals surface area (Å²) in [6, 6.07) is 3.43. The summed E-state index contributed by atoms with van der Waals surface area (Å²) in [5.41, 5.74) is 0.576. The van der Waals surface area contributed by atoms with Crippen LogP contribution < -0.4 is 14.8 Å². The van der Waals surface area contributed by atoms with Crippen LogP contribution in [-0.2, 0) is 7.05 Å². The lowest BCUT2D eigenvalue weighted by Crippen LogP contribution is -2.49. The second-order valence-corrected chi connectivity index (χ2v) is 6.66. The molecule has 2 aromatic rings. The zero-order chi connectivity index (χ0) is 16.7. The van der Waals surface area contributed by atoms with E-state index in [0.29, 0.717) is 30.2 Å². The topological polar surface area (TPSA) is 68.6 Å². The second-order valence-electron chi connectivity index (χ2n) is 5.81. The van der Waals surface area contributed by atoms with Gasteiger partial charge in [-0.2, -0.15) is 0 Å². The van der Waals surface area contributed by atoms with Gasteiger partial charge in [-0.1, -0.05) is 0 Å². The van der Waals surface area contributed by atoms with Gasteiger partial charge >= 0.3 is 0 Å². The highest BCUT2D eigenvalue weighted by Gasteiger charge is 2.32. The summed E-state index contributed by atoms with van der Waals surface area (Å²) in [6.45, 7) is 2.25. The van der Waals surface area contributed by atoms with Crippen molar-refractivity contribution in [2.24, 2.45) is 7.05 Å². The van der Waals surface area contributed by atoms with E-state index in [4.69, 9.17) is 9.47 Å². The first-order valence-corrected chi connectivity index (χ1v) is 8.52. The summed E-state index contributed by atoms with van der Waals surface area (Å²) >= 11 is 3.45. The van der Waals surface area contributed by atoms with Crippen molar-refractivity contribution in [2.75, 3.05) is 26.4 Å². The van der Waals surface area contributed by atoms with Crippen LogP contribution in [0.2, 0.25) is 0 Å². The van der Waals surface area contributed by atoms with Crippen LogP contribution in [0.25, 0.3) is 0 Å². The van der Waals surface area contributed by atoms with Crippen molar-refractivity contribution in [3.63, 3.8) is 0 Å². The molecule has 8 heteroatoms. The third-order valence-electron chi connectivity index (χ3n) is 4.33. The average Bonchev–Trinajstić information content (AvgIpc) is 3.23. The van der Waals surface area contributed by atoms with Crippen LogP contribution in [0.1, 0.15) is 22.2 Å². The van der Waals surface area contributed by atoms with E-state index >= 15 is 0 Å². The number of carbonyl (C=O) groups excluding carboxylic acids is 1. The number of amides is 1. The van der Waals surface area contributed by atoms with Gasteiger partial charge in [0.2, 0.25) is 6.79 Å². The molecule has 1 aromatic heterocycles. The van der Waals surface area contributed by atoms with Crippen LogP contribution in [0.5, 0.6) is 11.5 Å². The molecule has 0 spiro atoms. The number of piperazine rings is 1. The van der Waals surface area contributed by atoms with Crippen molar-refractivity contribution < 1.29 is 14.3 Å². The van der Waals surface area contributed by atoms with E-state index < -0.39 is 0 Å². The first kappa shape index (κ1) is 15.5. The summed E-state index contributed by atoms with van der Waals surface area (Å²) in [4.78, 5) is 19.4. The van der Waals surface area contributed by atoms with E-state index in [1.807, 2.05) is 22.7 Å². The monoisotopic (exact) mass is 392 g/mol. The highest BCUT2D eigenvalue weighted by Crippen LogP contribution is 2.40. The van der Waals surface area contributed by atoms with E-state index in [1.165, 1.54) is 0 Å². The van der Waals surface area contributed by atoms with Crippen LogP contribution in [-0.4, -0.2) is 46.8 Å². The smallest absolute Gasteiger partial charge is 0.254 e. The largest absolute Gasteiger partial charge is 0.454 e. The molecule has 0 bridgehead atoms. The Hall–Kier alpha value is -2.06. The van der Waals surface area contributed by atoms with Gasteiger partial charge in [0.05, 0.1) is 4.47 Å². The first-order chi connectivity index (χ1) is 11.6. The fraction of sp³-hybridized carbons (Fsp3) is 0.375. The molecule has 24 heavy (non-hydrogen) atoms. The van der Waals surface area contributed by atoms with Crippen molar-refractivity contribution >= 4 is 21.8 Å². The number of aryl methyl sites for hydroxylation is 1. The fourth-order valence-electron chi connectivity index (χ4n) is 3.13. The van der Waals surface area contributed by atoms with Crippen LogP contribution in [0.4, 0.5) is 0 Å². The molecule has 0 saturated carbocycles. The molecule has 1 atom stereocenters. The normalized spacial score (nSPS) is 19.6. The Morgan fingerprint density at radius 1 is 1.42 bits per heavy atom. The van der Waals surface area contributed by atoms with Crippen molar-refractivity contribution in [3.05, 3.63) is 40.4 Å². The maximum absolute atomic E-state index is 13.1. The molecule has 126 valence electrons. The Morgan fingerprint density at radius 3 is 3.08 bits per heavy atom. The number of rotatable bonds is 2. The SMILES string of the molecule is Cn1ccnc1C1CNCCN1C(=O)c1cc(Br)c2c(c1)OCO2. The highest BCUT2D eigenvalue weighted by molar-refractivity contribution is 9.10. The number of fused-ring (bicyclic) bond motifs is 1. The first-order valence-electron chi connectivity index (χ1n) is 7.73. The zero-order valence-corrected chi connectivity index (χ0v) is 14.7. The third-order valence-corrected chi connectivity index (χ3v) is 4.92. The summed E-state index contributed by atoms with van der Waals surface area (Å²) < 4.78 is 13.5. The zero-order valence-electron chi connectivity index (χ0n) is 13.2. The minimum atomic E-state index is -0.101. The number of hydrogen-bond donors (Lipinski definition) is 1. The summed E-state index contributed by atoms with van der Waals surface area (Å²) in [7, 11) is 1.94. The number of halogens is 1. The van der Waals surface area contributed by atoms with Crippen LogP contribution in [0.3, 0.4) is 0 Å². The van der Waals surface area contributed by atoms with E-state index in [-0.39, 0.29) is 18.7 Å². The van der Waals surface area contributed by atoms with Crippen molar-refractivity contribution in [3.8, 4) is 11.5 Å². The predicted octanol–water partition coefficient (Wildman–Crippen LogP) is 1.70. The summed E-state index contributed by atoms with van der Waals surface area (Å²) in [5.74, 6) is 2.07. The minimum Gasteiger partial charge on any atom is -0.454 e. The number of nitrogens with one attached hydrogen (secondary N) is 1. The van der Waals surface area contributed by atoms with Crippen LogP contribution in [0.15, 0.2) is 29.0 Å². The fourth-order valence-corrected chi connectivity index (χ4v) is 3.69. The predicted molar refractivity (Wildman–Crippen MR) is 90.1 cm³/mol. The Kier molecular flexibility index (Phi) is 3.93. The van der Waals surface area contributed by atoms with E-state index in [1.54, 1.807) is 18.3 Å². The molecule has 2 aliphatic rings. The Bertz CT molecular complexity index is 792. The quantitative estimate of drug-likeness (QED) is 0.842. The standard InChI is InChI=1S/C16H17BrN4O3/c1-20-4-3-19-15(20)12-8-18-2-5-21(12)16(22)10-6-11(17)14-13(7-10)23-9-24-14/h3-4,6-7,12,18H,2,5,8-9H2,1H3. The minimum absolute atomic E-state index is 0.0384. The van der Waals surface area contributed by atoms with Crippen molar-refractivity contribution in [2.45, 2.75) is 6.04 Å². The molecule has 2 aliphatic heterocycles. The average molecular weight is 393 g/mol. The Labute approximate surface area is 147 Å². The number of aromatic nitrogens is 2. The molecular formula is C16H17BrN4O3. The number of benzene rings is 1. The van der Waals surface area contributed by atoms with Crippen LogP contribution in [0, 0.1) is 0 Å². The van der Waals surface area contributed by atoms with Gasteiger partial charge in [0.25, 0.3) is 5.91 Å². The lowest BCUT2D eigenvalue weighted by atomic mass is 10.1. The molecule has 1 saturated heterocycles. The molecule has 0 aliphatic carbocycles. The summed E-state index contributed by atoms with van der Waals surface area (Å²) in [6.07, 6.45) is 3.65. The second kappa shape index (κ2) is 6.10. The molecule has 7 nitrogen and oxygen atoms in total. The number of ether oxygens (including phenoxy) is 2. The molecule has 1 unspecified atom stereocenters. The summed E-state index contributed by atoms with van der Waals surface area (Å²) in [5, 5.41) is 3.34. The Morgan fingerprint density at radius 2 is 2.29 bits per heavy atom. The van der Waals surface area contributed by atoms with Crippen LogP contribution >= 0.6 is 15.9 Å². The van der Waals surface area contributed by atoms with Gasteiger partial charge in [0.15, 0.2) is 11.5 Å². The van der Waals surface area contributed by atoms with Crippen molar-refractivity contribution in [1.29, 1.82) is 0 Å². The lowest BCUT2D eigenvalue weighted by Gasteiger charge is -2.35. The lowest BCUT2D eigenvalue weighted by molar-refractivity contribution is 0.0620. The van der Waals surface area contributed by atoms with E-state index in [9.17, 15) is 4.79 Å². The maximum Gasteiger partial charge on any atom is 0.254 e. The van der Waals surface area contributed by atoms with E-state index in [0.717, 1.165) is 16.8 Å². The molecule has 1 aromatic carbocycles. The number of hydrogen-bond acceptors (Lipinski definition) is 5. The van der Waals surface area contributed by atoms with Gasteiger partial charge in [-0.3, -0.25) is 4.79 Å². The van der Waals surface area contributed by atoms with Crippen molar-refractivity contribution in [1.82, 2.24) is 19.8 Å². The van der Waals surface area contributed by atoms with E-state index in [2.05, 4.69) is 26.2 Å². The molecule has 1 amide bonds.